The molecule has 0 N–H and O–H groups in total. The Morgan fingerprint density at radius 2 is 2.09 bits per heavy atom. The van der Waals surface area contributed by atoms with Gasteiger partial charge in [0.1, 0.15) is 16.6 Å². The number of carbonyl (C=O) groups excluding carboxylic acids is 1. The van der Waals surface area contributed by atoms with Gasteiger partial charge in [0, 0.05) is 31.7 Å². The van der Waals surface area contributed by atoms with E-state index in [9.17, 15) is 4.79 Å². The first-order valence-electron chi connectivity index (χ1n) is 7.53. The molecule has 1 saturated heterocycles. The molecule has 0 spiro atoms. The zero-order valence-corrected chi connectivity index (χ0v) is 15.7. The number of amides is 1. The lowest BCUT2D eigenvalue weighted by Gasteiger charge is -2.40. The minimum atomic E-state index is -0.481. The number of carbonyl (C=O) groups is 1. The number of piperazine rings is 1. The van der Waals surface area contributed by atoms with E-state index < -0.39 is 5.60 Å². The fraction of sp³-hybridized carbons (Fsp3) is 0.667. The standard InChI is InChI=1S/C15H23ClN4O2S/c1-10-9-19(14(21)22-15(2,3)4)6-7-20(10)12-8-11(16)17-13(18-12)23-5/h8,10H,6-7,9H2,1-5H3. The molecule has 1 amide bonds. The highest BCUT2D eigenvalue weighted by Gasteiger charge is 2.30. The second kappa shape index (κ2) is 7.13. The monoisotopic (exact) mass is 358 g/mol. The maximum absolute atomic E-state index is 12.2. The molecule has 1 unspecified atom stereocenters. The third-order valence-corrected chi connectivity index (χ3v) is 4.16. The van der Waals surface area contributed by atoms with Gasteiger partial charge in [0.05, 0.1) is 0 Å². The van der Waals surface area contributed by atoms with Crippen LogP contribution in [0.4, 0.5) is 10.6 Å². The first-order valence-corrected chi connectivity index (χ1v) is 9.13. The number of nitrogens with zero attached hydrogens (tertiary/aromatic N) is 4. The van der Waals surface area contributed by atoms with Crippen LogP contribution in [0.5, 0.6) is 0 Å². The summed E-state index contributed by atoms with van der Waals surface area (Å²) in [5.41, 5.74) is -0.481. The molecule has 0 aliphatic carbocycles. The van der Waals surface area contributed by atoms with Crippen molar-refractivity contribution in [1.29, 1.82) is 0 Å². The summed E-state index contributed by atoms with van der Waals surface area (Å²) >= 11 is 7.53. The highest BCUT2D eigenvalue weighted by atomic mass is 35.5. The summed E-state index contributed by atoms with van der Waals surface area (Å²) in [6.45, 7) is 9.54. The summed E-state index contributed by atoms with van der Waals surface area (Å²) in [6, 6.07) is 1.89. The number of hydrogen-bond acceptors (Lipinski definition) is 6. The summed E-state index contributed by atoms with van der Waals surface area (Å²) < 4.78 is 5.44. The van der Waals surface area contributed by atoms with Crippen molar-refractivity contribution in [3.05, 3.63) is 11.2 Å². The number of thioether (sulfide) groups is 1. The van der Waals surface area contributed by atoms with Gasteiger partial charge in [-0.25, -0.2) is 14.8 Å². The first kappa shape index (κ1) is 18.1. The van der Waals surface area contributed by atoms with Gasteiger partial charge in [0.25, 0.3) is 0 Å². The highest BCUT2D eigenvalue weighted by Crippen LogP contribution is 2.24. The molecular weight excluding hydrogens is 336 g/mol. The minimum Gasteiger partial charge on any atom is -0.444 e. The van der Waals surface area contributed by atoms with Gasteiger partial charge in [-0.05, 0) is 34.0 Å². The summed E-state index contributed by atoms with van der Waals surface area (Å²) in [5, 5.41) is 1.08. The Labute approximate surface area is 146 Å². The van der Waals surface area contributed by atoms with Crippen LogP contribution < -0.4 is 4.90 Å². The van der Waals surface area contributed by atoms with Gasteiger partial charge in [-0.3, -0.25) is 0 Å². The zero-order valence-electron chi connectivity index (χ0n) is 14.2. The minimum absolute atomic E-state index is 0.122. The third kappa shape index (κ3) is 4.88. The molecule has 1 fully saturated rings. The molecule has 2 heterocycles. The molecule has 1 aromatic heterocycles. The molecule has 1 aliphatic rings. The van der Waals surface area contributed by atoms with Crippen LogP contribution in [0.25, 0.3) is 0 Å². The van der Waals surface area contributed by atoms with Crippen LogP contribution in [0.15, 0.2) is 11.2 Å². The molecule has 6 nitrogen and oxygen atoms in total. The quantitative estimate of drug-likeness (QED) is 0.459. The molecular formula is C15H23ClN4O2S. The van der Waals surface area contributed by atoms with E-state index in [-0.39, 0.29) is 12.1 Å². The third-order valence-electron chi connectivity index (χ3n) is 3.42. The lowest BCUT2D eigenvalue weighted by molar-refractivity contribution is 0.0218. The van der Waals surface area contributed by atoms with Crippen molar-refractivity contribution in [2.75, 3.05) is 30.8 Å². The van der Waals surface area contributed by atoms with Crippen molar-refractivity contribution in [3.8, 4) is 0 Å². The predicted molar refractivity (Wildman–Crippen MR) is 93.4 cm³/mol. The van der Waals surface area contributed by atoms with Crippen LogP contribution in [-0.4, -0.2) is 58.5 Å². The topological polar surface area (TPSA) is 58.6 Å². The fourth-order valence-electron chi connectivity index (χ4n) is 2.41. The number of aromatic nitrogens is 2. The van der Waals surface area contributed by atoms with Gasteiger partial charge in [0.15, 0.2) is 5.16 Å². The van der Waals surface area contributed by atoms with Crippen molar-refractivity contribution < 1.29 is 9.53 Å². The van der Waals surface area contributed by atoms with Crippen LogP contribution in [-0.2, 0) is 4.74 Å². The summed E-state index contributed by atoms with van der Waals surface area (Å²) in [6.07, 6.45) is 1.65. The van der Waals surface area contributed by atoms with Crippen molar-refractivity contribution in [2.45, 2.75) is 44.5 Å². The maximum atomic E-state index is 12.2. The van der Waals surface area contributed by atoms with E-state index in [2.05, 4.69) is 21.8 Å². The number of anilines is 1. The Hall–Kier alpha value is -1.21. The van der Waals surface area contributed by atoms with Crippen molar-refractivity contribution in [1.82, 2.24) is 14.9 Å². The number of rotatable bonds is 2. The SMILES string of the molecule is CSc1nc(Cl)cc(N2CCN(C(=O)OC(C)(C)C)CC2C)n1. The van der Waals surface area contributed by atoms with Gasteiger partial charge in [-0.1, -0.05) is 23.4 Å². The second-order valence-electron chi connectivity index (χ2n) is 6.50. The number of hydrogen-bond donors (Lipinski definition) is 0. The Morgan fingerprint density at radius 3 is 2.65 bits per heavy atom. The van der Waals surface area contributed by atoms with Crippen LogP contribution >= 0.6 is 23.4 Å². The van der Waals surface area contributed by atoms with E-state index >= 15 is 0 Å². The average Bonchev–Trinajstić information content (AvgIpc) is 2.44. The van der Waals surface area contributed by atoms with Crippen LogP contribution in [0.3, 0.4) is 0 Å². The number of halogens is 1. The molecule has 1 aliphatic heterocycles. The smallest absolute Gasteiger partial charge is 0.410 e. The highest BCUT2D eigenvalue weighted by molar-refractivity contribution is 7.98. The van der Waals surface area contributed by atoms with Gasteiger partial charge in [0.2, 0.25) is 0 Å². The Balaban J connectivity index is 2.07. The van der Waals surface area contributed by atoms with E-state index in [0.29, 0.717) is 29.9 Å². The van der Waals surface area contributed by atoms with E-state index in [1.807, 2.05) is 27.0 Å². The molecule has 0 radical (unpaired) electrons. The van der Waals surface area contributed by atoms with E-state index in [1.54, 1.807) is 11.0 Å². The normalized spacial score (nSPS) is 19.0. The Bertz CT molecular complexity index is 579. The Kier molecular flexibility index (Phi) is 5.62. The molecule has 0 aromatic carbocycles. The molecule has 0 bridgehead atoms. The predicted octanol–water partition coefficient (Wildman–Crippen LogP) is 3.30. The first-order chi connectivity index (χ1) is 10.7. The van der Waals surface area contributed by atoms with E-state index in [4.69, 9.17) is 16.3 Å². The van der Waals surface area contributed by atoms with Gasteiger partial charge >= 0.3 is 6.09 Å². The lowest BCUT2D eigenvalue weighted by Crippen LogP contribution is -2.54. The lowest BCUT2D eigenvalue weighted by atomic mass is 10.2. The molecule has 8 heteroatoms. The maximum Gasteiger partial charge on any atom is 0.410 e. The largest absolute Gasteiger partial charge is 0.444 e. The van der Waals surface area contributed by atoms with E-state index in [0.717, 1.165) is 5.82 Å². The molecule has 2 rings (SSSR count). The molecule has 0 saturated carbocycles. The number of ether oxygens (including phenoxy) is 1. The average molecular weight is 359 g/mol. The fourth-order valence-corrected chi connectivity index (χ4v) is 3.02. The van der Waals surface area contributed by atoms with Gasteiger partial charge < -0.3 is 14.5 Å². The van der Waals surface area contributed by atoms with Gasteiger partial charge in [-0.15, -0.1) is 0 Å². The van der Waals surface area contributed by atoms with Crippen molar-refractivity contribution in [3.63, 3.8) is 0 Å². The molecule has 23 heavy (non-hydrogen) atoms. The van der Waals surface area contributed by atoms with E-state index in [1.165, 1.54) is 11.8 Å². The Morgan fingerprint density at radius 1 is 1.39 bits per heavy atom. The zero-order chi connectivity index (χ0) is 17.2. The summed E-state index contributed by atoms with van der Waals surface area (Å²) in [4.78, 5) is 24.8. The second-order valence-corrected chi connectivity index (χ2v) is 7.66. The summed E-state index contributed by atoms with van der Waals surface area (Å²) in [7, 11) is 0. The summed E-state index contributed by atoms with van der Waals surface area (Å²) in [5.74, 6) is 0.797. The van der Waals surface area contributed by atoms with Crippen LogP contribution in [0.2, 0.25) is 5.15 Å². The molecule has 1 aromatic rings. The molecule has 1 atom stereocenters. The van der Waals surface area contributed by atoms with Crippen LogP contribution in [0, 0.1) is 0 Å². The van der Waals surface area contributed by atoms with Crippen molar-refractivity contribution in [2.24, 2.45) is 0 Å². The van der Waals surface area contributed by atoms with Crippen molar-refractivity contribution >= 4 is 35.3 Å². The molecule has 128 valence electrons. The van der Waals surface area contributed by atoms with Gasteiger partial charge in [-0.2, -0.15) is 0 Å². The van der Waals surface area contributed by atoms with Crippen LogP contribution in [0.1, 0.15) is 27.7 Å².